The second kappa shape index (κ2) is 10.7. The van der Waals surface area contributed by atoms with E-state index >= 15 is 0 Å². The van der Waals surface area contributed by atoms with E-state index in [0.29, 0.717) is 29.2 Å². The molecule has 0 heterocycles. The zero-order valence-electron chi connectivity index (χ0n) is 16.0. The summed E-state index contributed by atoms with van der Waals surface area (Å²) in [5.41, 5.74) is 6.86. The molecule has 150 valence electrons. The fraction of sp³-hybridized carbons (Fsp3) is 0.300. The molecule has 8 heteroatoms. The van der Waals surface area contributed by atoms with Gasteiger partial charge in [-0.15, -0.1) is 0 Å². The van der Waals surface area contributed by atoms with E-state index < -0.39 is 11.8 Å². The number of amides is 2. The summed E-state index contributed by atoms with van der Waals surface area (Å²) in [6.45, 7) is 4.28. The number of hydrogen-bond acceptors (Lipinski definition) is 5. The number of ether oxygens (including phenoxy) is 3. The number of rotatable bonds is 8. The van der Waals surface area contributed by atoms with Crippen LogP contribution in [0.1, 0.15) is 21.5 Å². The molecule has 2 aromatic rings. The lowest BCUT2D eigenvalue weighted by Gasteiger charge is -2.14. The first-order valence-electron chi connectivity index (χ1n) is 8.62. The quantitative estimate of drug-likeness (QED) is 0.476. The molecule has 0 unspecified atom stereocenters. The Morgan fingerprint density at radius 2 is 1.71 bits per heavy atom. The van der Waals surface area contributed by atoms with Gasteiger partial charge in [-0.25, -0.2) is 0 Å². The Bertz CT molecular complexity index is 821. The van der Waals surface area contributed by atoms with Gasteiger partial charge in [0.15, 0.2) is 6.61 Å². The Morgan fingerprint density at radius 1 is 1.00 bits per heavy atom. The summed E-state index contributed by atoms with van der Waals surface area (Å²) in [5, 5.41) is 0. The number of methoxy groups -OCH3 is 1. The van der Waals surface area contributed by atoms with Gasteiger partial charge in [-0.2, -0.15) is 0 Å². The molecular formula is C20H23BrN2O5. The lowest BCUT2D eigenvalue weighted by atomic mass is 10.1. The van der Waals surface area contributed by atoms with Gasteiger partial charge in [0.05, 0.1) is 12.2 Å². The van der Waals surface area contributed by atoms with Crippen LogP contribution in [-0.4, -0.2) is 38.7 Å². The fourth-order valence-electron chi connectivity index (χ4n) is 2.43. The summed E-state index contributed by atoms with van der Waals surface area (Å²) in [5.74, 6) is 0.0607. The summed E-state index contributed by atoms with van der Waals surface area (Å²) in [7, 11) is 1.56. The van der Waals surface area contributed by atoms with Crippen molar-refractivity contribution in [2.24, 2.45) is 0 Å². The Balaban J connectivity index is 1.92. The van der Waals surface area contributed by atoms with E-state index in [1.807, 2.05) is 32.0 Å². The molecule has 0 aliphatic heterocycles. The van der Waals surface area contributed by atoms with Gasteiger partial charge in [0, 0.05) is 11.6 Å². The molecule has 7 nitrogen and oxygen atoms in total. The fourth-order valence-corrected chi connectivity index (χ4v) is 2.80. The van der Waals surface area contributed by atoms with Crippen molar-refractivity contribution in [2.45, 2.75) is 13.8 Å². The van der Waals surface area contributed by atoms with E-state index in [1.54, 1.807) is 25.3 Å². The standard InChI is InChI=1S/C20H23BrN2O5/c1-13-5-4-6-14(2)19(13)28-12-18(24)22-23-20(25)16-11-15(21)7-8-17(16)27-10-9-26-3/h4-8,11H,9-10,12H2,1-3H3,(H,22,24)(H,23,25). The molecule has 2 amide bonds. The van der Waals surface area contributed by atoms with Crippen LogP contribution in [0.3, 0.4) is 0 Å². The highest BCUT2D eigenvalue weighted by atomic mass is 79.9. The average Bonchev–Trinajstić information content (AvgIpc) is 2.67. The second-order valence-electron chi connectivity index (χ2n) is 5.99. The van der Waals surface area contributed by atoms with Crippen molar-refractivity contribution in [3.05, 3.63) is 57.6 Å². The third kappa shape index (κ3) is 6.24. The first-order chi connectivity index (χ1) is 13.4. The van der Waals surface area contributed by atoms with Crippen LogP contribution in [0.4, 0.5) is 0 Å². The lowest BCUT2D eigenvalue weighted by molar-refractivity contribution is -0.123. The second-order valence-corrected chi connectivity index (χ2v) is 6.91. The van der Waals surface area contributed by atoms with Crippen LogP contribution in [0, 0.1) is 13.8 Å². The molecule has 2 aromatic carbocycles. The molecule has 0 bridgehead atoms. The van der Waals surface area contributed by atoms with Gasteiger partial charge in [-0.1, -0.05) is 34.1 Å². The van der Waals surface area contributed by atoms with Crippen molar-refractivity contribution in [2.75, 3.05) is 26.9 Å². The number of carbonyl (C=O) groups is 2. The van der Waals surface area contributed by atoms with Crippen LogP contribution >= 0.6 is 15.9 Å². The topological polar surface area (TPSA) is 85.9 Å². The van der Waals surface area contributed by atoms with Gasteiger partial charge in [0.25, 0.3) is 11.8 Å². The Morgan fingerprint density at radius 3 is 2.39 bits per heavy atom. The minimum atomic E-state index is -0.505. The SMILES string of the molecule is COCCOc1ccc(Br)cc1C(=O)NNC(=O)COc1c(C)cccc1C. The molecular weight excluding hydrogens is 428 g/mol. The highest BCUT2D eigenvalue weighted by molar-refractivity contribution is 9.10. The van der Waals surface area contributed by atoms with Crippen molar-refractivity contribution in [3.8, 4) is 11.5 Å². The Hall–Kier alpha value is -2.58. The van der Waals surface area contributed by atoms with Gasteiger partial charge in [-0.3, -0.25) is 20.4 Å². The average molecular weight is 451 g/mol. The van der Waals surface area contributed by atoms with Crippen LogP contribution in [0.15, 0.2) is 40.9 Å². The predicted octanol–water partition coefficient (Wildman–Crippen LogP) is 2.93. The van der Waals surface area contributed by atoms with E-state index in [2.05, 4.69) is 26.8 Å². The minimum absolute atomic E-state index is 0.221. The Labute approximate surface area is 172 Å². The van der Waals surface area contributed by atoms with Gasteiger partial charge in [0.2, 0.25) is 0 Å². The highest BCUT2D eigenvalue weighted by Crippen LogP contribution is 2.23. The number of halogens is 1. The number of nitrogens with one attached hydrogen (secondary N) is 2. The number of hydrazine groups is 1. The maximum absolute atomic E-state index is 12.4. The monoisotopic (exact) mass is 450 g/mol. The maximum atomic E-state index is 12.4. The predicted molar refractivity (Wildman–Crippen MR) is 109 cm³/mol. The van der Waals surface area contributed by atoms with Crippen LogP contribution in [0.5, 0.6) is 11.5 Å². The normalized spacial score (nSPS) is 10.3. The molecule has 0 spiro atoms. The molecule has 0 saturated carbocycles. The molecule has 28 heavy (non-hydrogen) atoms. The van der Waals surface area contributed by atoms with Crippen LogP contribution < -0.4 is 20.3 Å². The summed E-state index contributed by atoms with van der Waals surface area (Å²) in [4.78, 5) is 24.5. The summed E-state index contributed by atoms with van der Waals surface area (Å²) in [6.07, 6.45) is 0. The lowest BCUT2D eigenvalue weighted by Crippen LogP contribution is -2.44. The largest absolute Gasteiger partial charge is 0.490 e. The van der Waals surface area contributed by atoms with Crippen molar-refractivity contribution in [1.82, 2.24) is 10.9 Å². The zero-order chi connectivity index (χ0) is 20.5. The van der Waals surface area contributed by atoms with Crippen molar-refractivity contribution in [3.63, 3.8) is 0 Å². The number of hydrogen-bond donors (Lipinski definition) is 2. The van der Waals surface area contributed by atoms with Gasteiger partial charge < -0.3 is 14.2 Å². The molecule has 0 radical (unpaired) electrons. The van der Waals surface area contributed by atoms with Gasteiger partial charge in [0.1, 0.15) is 18.1 Å². The molecule has 0 atom stereocenters. The number of para-hydroxylation sites is 1. The summed E-state index contributed by atoms with van der Waals surface area (Å²) in [6, 6.07) is 10.8. The van der Waals surface area contributed by atoms with Crippen LogP contribution in [0.25, 0.3) is 0 Å². The Kier molecular flexibility index (Phi) is 8.28. The third-order valence-corrected chi connectivity index (χ3v) is 4.30. The van der Waals surface area contributed by atoms with Crippen LogP contribution in [0.2, 0.25) is 0 Å². The number of aryl methyl sites for hydroxylation is 2. The molecule has 0 aliphatic rings. The molecule has 2 N–H and O–H groups in total. The number of benzene rings is 2. The molecule has 0 saturated heterocycles. The molecule has 0 fully saturated rings. The van der Waals surface area contributed by atoms with E-state index in [9.17, 15) is 9.59 Å². The molecule has 0 aromatic heterocycles. The van der Waals surface area contributed by atoms with Gasteiger partial charge >= 0.3 is 0 Å². The first-order valence-corrected chi connectivity index (χ1v) is 9.41. The third-order valence-electron chi connectivity index (χ3n) is 3.80. The van der Waals surface area contributed by atoms with Crippen molar-refractivity contribution >= 4 is 27.7 Å². The highest BCUT2D eigenvalue weighted by Gasteiger charge is 2.15. The molecule has 0 aliphatic carbocycles. The van der Waals surface area contributed by atoms with Crippen molar-refractivity contribution < 1.29 is 23.8 Å². The van der Waals surface area contributed by atoms with E-state index in [0.717, 1.165) is 11.1 Å². The maximum Gasteiger partial charge on any atom is 0.276 e. The summed E-state index contributed by atoms with van der Waals surface area (Å²) >= 11 is 3.32. The first kappa shape index (κ1) is 21.7. The van der Waals surface area contributed by atoms with E-state index in [-0.39, 0.29) is 12.2 Å². The van der Waals surface area contributed by atoms with E-state index in [4.69, 9.17) is 14.2 Å². The smallest absolute Gasteiger partial charge is 0.276 e. The zero-order valence-corrected chi connectivity index (χ0v) is 17.6. The molecule has 2 rings (SSSR count). The number of carbonyl (C=O) groups excluding carboxylic acids is 2. The van der Waals surface area contributed by atoms with E-state index in [1.165, 1.54) is 0 Å². The minimum Gasteiger partial charge on any atom is -0.490 e. The van der Waals surface area contributed by atoms with Gasteiger partial charge in [-0.05, 0) is 43.2 Å². The summed E-state index contributed by atoms with van der Waals surface area (Å²) < 4.78 is 16.8. The van der Waals surface area contributed by atoms with Crippen molar-refractivity contribution in [1.29, 1.82) is 0 Å². The van der Waals surface area contributed by atoms with Crippen LogP contribution in [-0.2, 0) is 9.53 Å².